The van der Waals surface area contributed by atoms with Gasteiger partial charge in [0.2, 0.25) is 0 Å². The van der Waals surface area contributed by atoms with Gasteiger partial charge in [0.05, 0.1) is 0 Å². The van der Waals surface area contributed by atoms with Crippen molar-refractivity contribution in [1.29, 1.82) is 0 Å². The number of allylic oxidation sites excluding steroid dienone is 4. The van der Waals surface area contributed by atoms with E-state index in [9.17, 15) is 0 Å². The Bertz CT molecular complexity index is 982. The molecule has 0 saturated heterocycles. The van der Waals surface area contributed by atoms with E-state index in [1.807, 2.05) is 6.07 Å². The zero-order valence-electron chi connectivity index (χ0n) is 20.3. The number of rotatable bonds is 1. The van der Waals surface area contributed by atoms with E-state index in [2.05, 4.69) is 74.5 Å². The Morgan fingerprint density at radius 1 is 0.882 bits per heavy atom. The molecule has 0 aliphatic heterocycles. The van der Waals surface area contributed by atoms with E-state index in [-0.39, 0.29) is 24.8 Å². The molecule has 0 amide bonds. The van der Waals surface area contributed by atoms with Gasteiger partial charge in [0, 0.05) is 0 Å². The second kappa shape index (κ2) is 12.0. The summed E-state index contributed by atoms with van der Waals surface area (Å²) in [5, 5.41) is 0. The molecule has 2 aromatic carbocycles. The average molecular weight is 569 g/mol. The van der Waals surface area contributed by atoms with Crippen LogP contribution >= 0.6 is 0 Å². The summed E-state index contributed by atoms with van der Waals surface area (Å²) in [5.41, 5.74) is 7.80. The average Bonchev–Trinajstić information content (AvgIpc) is 3.42. The monoisotopic (exact) mass is 566 g/mol. The van der Waals surface area contributed by atoms with Gasteiger partial charge < -0.3 is 24.8 Å². The third kappa shape index (κ3) is 5.96. The van der Waals surface area contributed by atoms with Crippen molar-refractivity contribution in [2.45, 2.75) is 65.2 Å². The Kier molecular flexibility index (Phi) is 9.82. The van der Waals surface area contributed by atoms with Crippen molar-refractivity contribution >= 4 is 3.21 Å². The van der Waals surface area contributed by atoms with Crippen LogP contribution in [0.3, 0.4) is 0 Å². The molecule has 0 N–H and O–H groups in total. The van der Waals surface area contributed by atoms with Crippen LogP contribution in [0.15, 0.2) is 60.2 Å². The van der Waals surface area contributed by atoms with Crippen LogP contribution < -0.4 is 24.8 Å². The standard InChI is InChI=1S/C15H19.C13H9.C3H6.2ClH.Zr/c1-2-4-14(3-1)15-8-11-5-12(9-15)7-13(6-11)10-15;1-3-7-12-10(5-1)9-11-6-2-4-8-13(11)12;1-3-2;;;/h3-4,11-13H,1,5-10H2;1-5,7-8H,9H2;1-2H3;2*1H;/q2*-1;;;;+2/p-2. The summed E-state index contributed by atoms with van der Waals surface area (Å²) in [6.45, 7) is 4.25. The van der Waals surface area contributed by atoms with Crippen molar-refractivity contribution in [3.8, 4) is 11.1 Å². The first-order chi connectivity index (χ1) is 15.5. The van der Waals surface area contributed by atoms with Gasteiger partial charge in [-0.25, -0.2) is 6.08 Å². The fourth-order valence-corrected chi connectivity index (χ4v) is 7.23. The number of hydrogen-bond acceptors (Lipinski definition) is 0. The second-order valence-electron chi connectivity index (χ2n) is 10.8. The summed E-state index contributed by atoms with van der Waals surface area (Å²) >= 11 is 1.55. The first kappa shape index (κ1) is 27.8. The molecule has 0 spiro atoms. The molecule has 0 nitrogen and oxygen atoms in total. The Morgan fingerprint density at radius 3 is 2.06 bits per heavy atom. The second-order valence-corrected chi connectivity index (χ2v) is 13.3. The van der Waals surface area contributed by atoms with Crippen molar-refractivity contribution in [1.82, 2.24) is 0 Å². The van der Waals surface area contributed by atoms with E-state index in [1.165, 1.54) is 44.7 Å². The predicted molar refractivity (Wildman–Crippen MR) is 131 cm³/mol. The molecule has 4 saturated carbocycles. The third-order valence-electron chi connectivity index (χ3n) is 7.96. The Labute approximate surface area is 233 Å². The predicted octanol–water partition coefficient (Wildman–Crippen LogP) is 1.70. The molecule has 0 radical (unpaired) electrons. The van der Waals surface area contributed by atoms with Crippen LogP contribution in [0, 0.1) is 35.3 Å². The number of halogens is 2. The molecule has 6 aliphatic carbocycles. The molecule has 34 heavy (non-hydrogen) atoms. The maximum Gasteiger partial charge on any atom is -0.0253 e. The zero-order valence-corrected chi connectivity index (χ0v) is 24.3. The van der Waals surface area contributed by atoms with Crippen molar-refractivity contribution in [2.24, 2.45) is 23.2 Å². The minimum atomic E-state index is 0. The third-order valence-corrected chi connectivity index (χ3v) is 7.96. The van der Waals surface area contributed by atoms with Crippen LogP contribution in [0.5, 0.6) is 0 Å². The topological polar surface area (TPSA) is 0 Å². The Balaban J connectivity index is 0.000000159. The molecule has 3 heteroatoms. The van der Waals surface area contributed by atoms with Crippen LogP contribution in [-0.4, -0.2) is 3.21 Å². The summed E-state index contributed by atoms with van der Waals surface area (Å²) in [6.07, 6.45) is 19.4. The van der Waals surface area contributed by atoms with Crippen LogP contribution in [0.2, 0.25) is 0 Å². The van der Waals surface area contributed by atoms with Crippen molar-refractivity contribution in [3.05, 3.63) is 83.5 Å². The molecule has 0 heterocycles. The van der Waals surface area contributed by atoms with Gasteiger partial charge in [-0.05, 0) is 43.4 Å². The largest absolute Gasteiger partial charge is 1.00 e. The normalized spacial score (nSPS) is 28.1. The minimum absolute atomic E-state index is 0. The smallest absolute Gasteiger partial charge is 0.0253 e. The first-order valence-corrected chi connectivity index (χ1v) is 13.6. The summed E-state index contributed by atoms with van der Waals surface area (Å²) in [7, 11) is 0. The minimum Gasteiger partial charge on any atom is -1.00 e. The van der Waals surface area contributed by atoms with Gasteiger partial charge in [-0.3, -0.25) is 6.08 Å². The van der Waals surface area contributed by atoms with Crippen molar-refractivity contribution in [2.75, 3.05) is 0 Å². The van der Waals surface area contributed by atoms with E-state index in [0.29, 0.717) is 5.41 Å². The van der Waals surface area contributed by atoms with E-state index in [0.717, 1.165) is 30.6 Å². The Hall–Kier alpha value is -0.747. The van der Waals surface area contributed by atoms with E-state index in [4.69, 9.17) is 0 Å². The van der Waals surface area contributed by atoms with Crippen LogP contribution in [-0.2, 0) is 30.7 Å². The van der Waals surface area contributed by atoms with E-state index >= 15 is 0 Å². The quantitative estimate of drug-likeness (QED) is 0.393. The summed E-state index contributed by atoms with van der Waals surface area (Å²) in [4.78, 5) is 0. The van der Waals surface area contributed by atoms with E-state index < -0.39 is 0 Å². The molecule has 0 unspecified atom stereocenters. The van der Waals surface area contributed by atoms with Crippen LogP contribution in [0.25, 0.3) is 11.1 Å². The number of benzene rings is 2. The van der Waals surface area contributed by atoms with Gasteiger partial charge in [0.1, 0.15) is 0 Å². The fourth-order valence-electron chi connectivity index (χ4n) is 7.23. The van der Waals surface area contributed by atoms with Gasteiger partial charge >= 0.3 is 41.3 Å². The summed E-state index contributed by atoms with van der Waals surface area (Å²) in [5.74, 6) is 3.23. The zero-order chi connectivity index (χ0) is 22.1. The molecule has 4 bridgehead atoms. The molecule has 178 valence electrons. The molecule has 0 atom stereocenters. The van der Waals surface area contributed by atoms with E-state index in [1.54, 1.807) is 49.1 Å². The maximum atomic E-state index is 3.38. The summed E-state index contributed by atoms with van der Waals surface area (Å²) in [6, 6.07) is 18.1. The van der Waals surface area contributed by atoms with Crippen LogP contribution in [0.4, 0.5) is 0 Å². The van der Waals surface area contributed by atoms with Gasteiger partial charge in [0.15, 0.2) is 0 Å². The first-order valence-electron chi connectivity index (χ1n) is 12.4. The molecule has 0 aromatic heterocycles. The van der Waals surface area contributed by atoms with Gasteiger partial charge in [-0.2, -0.15) is 41.5 Å². The molecule has 6 aliphatic rings. The fraction of sp³-hybridized carbons (Fsp3) is 0.452. The Morgan fingerprint density at radius 2 is 1.47 bits per heavy atom. The van der Waals surface area contributed by atoms with Crippen molar-refractivity contribution in [3.63, 3.8) is 0 Å². The number of hydrogen-bond donors (Lipinski definition) is 0. The van der Waals surface area contributed by atoms with Crippen LogP contribution in [0.1, 0.15) is 69.9 Å². The van der Waals surface area contributed by atoms with Gasteiger partial charge in [-0.15, -0.1) is 12.0 Å². The molecule has 4 fully saturated rings. The van der Waals surface area contributed by atoms with Crippen molar-refractivity contribution < 1.29 is 49.0 Å². The molecule has 2 aromatic rings. The van der Waals surface area contributed by atoms with Gasteiger partial charge in [-0.1, -0.05) is 60.1 Å². The maximum absolute atomic E-state index is 3.38. The number of fused-ring (bicyclic) bond motifs is 3. The summed E-state index contributed by atoms with van der Waals surface area (Å²) < 4.78 is 1.51. The molecular formula is C31H34Cl2Zr-2. The SMILES string of the molecule is C[C](C)=[Zr+2].[C-]1=CC(C23CC4CC(CC(C4)C2)C3)=CC1.[Cl-].[Cl-].[c-]1cccc2c1Cc1ccccc1-2. The van der Waals surface area contributed by atoms with Gasteiger partial charge in [0.25, 0.3) is 0 Å². The molecule has 8 rings (SSSR count). The molecular weight excluding hydrogens is 534 g/mol.